The molecule has 0 bridgehead atoms. The SMILES string of the molecule is CCSC1OC(COCc2ccccc2)C(O[Si](C)(C)C(C)(C)C)[C@@H](O[Si](C)(C)C(C)(C)C)C1OC1OC(COCc2ccccc2)C(O[Si](C)(C)C(C)(C)C)[C@@H](O[Si](C)(C)C(C)(C)C)C1O[Si](C)(C)C(C)(C)C. The van der Waals surface area contributed by atoms with Gasteiger partial charge in [0.2, 0.25) is 0 Å². The Morgan fingerprint density at radius 1 is 0.405 bits per heavy atom. The molecule has 2 saturated heterocycles. The fraction of sp³-hybridized carbons (Fsp3) is 0.793. The molecule has 4 rings (SSSR count). The Balaban J connectivity index is 2.05. The summed E-state index contributed by atoms with van der Waals surface area (Å²) in [7, 11) is -12.7. The van der Waals surface area contributed by atoms with Crippen molar-refractivity contribution >= 4 is 53.3 Å². The number of rotatable bonds is 22. The van der Waals surface area contributed by atoms with Crippen molar-refractivity contribution in [1.82, 2.24) is 0 Å². The minimum Gasteiger partial charge on any atom is -0.408 e. The highest BCUT2D eigenvalue weighted by molar-refractivity contribution is 7.99. The van der Waals surface area contributed by atoms with Gasteiger partial charge in [-0.1, -0.05) is 171 Å². The van der Waals surface area contributed by atoms with Crippen LogP contribution < -0.4 is 0 Å². The van der Waals surface area contributed by atoms with Crippen LogP contribution in [-0.4, -0.2) is 121 Å². The summed E-state index contributed by atoms with van der Waals surface area (Å²) in [6.07, 6.45) is -5.47. The molecule has 0 radical (unpaired) electrons. The van der Waals surface area contributed by atoms with E-state index in [4.69, 9.17) is 45.8 Å². The molecule has 16 heteroatoms. The first-order chi connectivity index (χ1) is 33.6. The van der Waals surface area contributed by atoms with Gasteiger partial charge in [0.1, 0.15) is 54.3 Å². The third-order valence-corrected chi connectivity index (χ3v) is 41.2. The molecule has 0 aromatic heterocycles. The van der Waals surface area contributed by atoms with Gasteiger partial charge in [-0.2, -0.15) is 0 Å². The quantitative estimate of drug-likeness (QED) is 0.106. The van der Waals surface area contributed by atoms with Gasteiger partial charge in [-0.05, 0) is 108 Å². The fourth-order valence-electron chi connectivity index (χ4n) is 7.73. The van der Waals surface area contributed by atoms with E-state index >= 15 is 0 Å². The maximum absolute atomic E-state index is 7.92. The van der Waals surface area contributed by atoms with Gasteiger partial charge in [-0.15, -0.1) is 11.8 Å². The second-order valence-electron chi connectivity index (χ2n) is 28.9. The molecule has 426 valence electrons. The Kier molecular flexibility index (Phi) is 22.4. The van der Waals surface area contributed by atoms with E-state index < -0.39 is 102 Å². The van der Waals surface area contributed by atoms with Crippen LogP contribution in [0.25, 0.3) is 0 Å². The van der Waals surface area contributed by atoms with Crippen LogP contribution in [0, 0.1) is 0 Å². The molecule has 2 heterocycles. The van der Waals surface area contributed by atoms with E-state index in [1.54, 1.807) is 11.8 Å². The minimum absolute atomic E-state index is 0.105. The lowest BCUT2D eigenvalue weighted by Gasteiger charge is -2.56. The van der Waals surface area contributed by atoms with E-state index in [1.165, 1.54) is 0 Å². The second-order valence-corrected chi connectivity index (χ2v) is 54.0. The third kappa shape index (κ3) is 17.0. The van der Waals surface area contributed by atoms with Gasteiger partial charge in [0.05, 0.1) is 26.4 Å². The molecule has 0 N–H and O–H groups in total. The predicted octanol–water partition coefficient (Wildman–Crippen LogP) is 16.0. The van der Waals surface area contributed by atoms with Crippen molar-refractivity contribution in [1.29, 1.82) is 0 Å². The van der Waals surface area contributed by atoms with Crippen molar-refractivity contribution in [3.8, 4) is 0 Å². The van der Waals surface area contributed by atoms with Crippen molar-refractivity contribution in [2.45, 2.75) is 275 Å². The van der Waals surface area contributed by atoms with E-state index in [0.29, 0.717) is 19.8 Å². The molecule has 0 spiro atoms. The standard InChI is InChI=1S/C58H108O10SSi5/c1-27-69-53-51(49(67-73(23,24)57(11,12)13)47(65-71(19,20)55(5,6)7)45(62-53)41-60-39-43-36-32-29-33-37-43)63-52-50(68-74(25,26)58(14,15)16)48(66-72(21,22)56(8,9)10)46(64-70(17,18)54(2,3)4)44(61-52)40-59-38-42-34-30-28-31-35-42/h28-37,44-53H,27,38-41H2,1-26H3/t44?,45?,46?,47?,48-,49-,50?,51?,52?,53?/m1/s1. The number of hydrogen-bond acceptors (Lipinski definition) is 11. The van der Waals surface area contributed by atoms with Crippen molar-refractivity contribution in [2.24, 2.45) is 0 Å². The summed E-state index contributed by atoms with van der Waals surface area (Å²) < 4.78 is 75.3. The fourth-order valence-corrected chi connectivity index (χ4v) is 15.2. The molecular formula is C58H108O10SSi5. The normalized spacial score (nSPS) is 26.6. The molecule has 2 aromatic rings. The molecule has 2 fully saturated rings. The van der Waals surface area contributed by atoms with Gasteiger partial charge in [0, 0.05) is 0 Å². The van der Waals surface area contributed by atoms with E-state index in [2.05, 4.69) is 225 Å². The smallest absolute Gasteiger partial charge is 0.192 e. The number of ether oxygens (including phenoxy) is 5. The van der Waals surface area contributed by atoms with E-state index in [0.717, 1.165) is 16.9 Å². The van der Waals surface area contributed by atoms with Crippen LogP contribution in [0.3, 0.4) is 0 Å². The summed E-state index contributed by atoms with van der Waals surface area (Å²) in [6.45, 7) is 61.3. The minimum atomic E-state index is -2.61. The van der Waals surface area contributed by atoms with Crippen LogP contribution in [0.1, 0.15) is 122 Å². The van der Waals surface area contributed by atoms with Crippen LogP contribution in [-0.2, 0) is 59.0 Å². The summed E-state index contributed by atoms with van der Waals surface area (Å²) in [5.41, 5.74) is 1.73. The zero-order valence-corrected chi connectivity index (χ0v) is 57.4. The summed E-state index contributed by atoms with van der Waals surface area (Å²) in [4.78, 5) is 0. The topological polar surface area (TPSA) is 92.3 Å². The summed E-state index contributed by atoms with van der Waals surface area (Å²) in [5.74, 6) is 0.785. The van der Waals surface area contributed by atoms with Gasteiger partial charge in [0.25, 0.3) is 0 Å². The highest BCUT2D eigenvalue weighted by Gasteiger charge is 2.60. The maximum Gasteiger partial charge on any atom is 0.192 e. The first-order valence-electron chi connectivity index (χ1n) is 27.8. The van der Waals surface area contributed by atoms with Gasteiger partial charge >= 0.3 is 0 Å². The number of thioether (sulfide) groups is 1. The summed E-state index contributed by atoms with van der Waals surface area (Å²) in [5, 5.41) is -0.618. The van der Waals surface area contributed by atoms with E-state index in [9.17, 15) is 0 Å². The molecule has 8 unspecified atom stereocenters. The van der Waals surface area contributed by atoms with Gasteiger partial charge in [0.15, 0.2) is 47.9 Å². The zero-order valence-electron chi connectivity index (χ0n) is 51.6. The van der Waals surface area contributed by atoms with Crippen LogP contribution in [0.15, 0.2) is 60.7 Å². The van der Waals surface area contributed by atoms with Crippen molar-refractivity contribution < 1.29 is 45.8 Å². The molecule has 0 amide bonds. The Hall–Kier alpha value is -0.526. The molecule has 2 aliphatic rings. The lowest BCUT2D eigenvalue weighted by Crippen LogP contribution is -2.70. The van der Waals surface area contributed by atoms with Crippen molar-refractivity contribution in [3.63, 3.8) is 0 Å². The first-order valence-corrected chi connectivity index (χ1v) is 43.4. The lowest BCUT2D eigenvalue weighted by atomic mass is 9.97. The zero-order chi connectivity index (χ0) is 56.3. The van der Waals surface area contributed by atoms with Crippen molar-refractivity contribution in [2.75, 3.05) is 19.0 Å². The van der Waals surface area contributed by atoms with Crippen molar-refractivity contribution in [3.05, 3.63) is 71.8 Å². The molecular weight excluding hydrogens is 1030 g/mol. The Labute approximate surface area is 462 Å². The van der Waals surface area contributed by atoms with Gasteiger partial charge < -0.3 is 45.8 Å². The van der Waals surface area contributed by atoms with Crippen LogP contribution >= 0.6 is 11.8 Å². The van der Waals surface area contributed by atoms with Gasteiger partial charge in [-0.3, -0.25) is 0 Å². The molecule has 0 saturated carbocycles. The summed E-state index contributed by atoms with van der Waals surface area (Å²) in [6, 6.07) is 20.7. The van der Waals surface area contributed by atoms with Gasteiger partial charge in [-0.25, -0.2) is 0 Å². The number of benzene rings is 2. The highest BCUT2D eigenvalue weighted by Crippen LogP contribution is 2.49. The largest absolute Gasteiger partial charge is 0.408 e. The third-order valence-electron chi connectivity index (χ3n) is 17.8. The maximum atomic E-state index is 7.92. The first kappa shape index (κ1) is 66.0. The molecule has 10 atom stereocenters. The van der Waals surface area contributed by atoms with E-state index in [-0.39, 0.29) is 31.8 Å². The molecule has 2 aliphatic heterocycles. The van der Waals surface area contributed by atoms with Crippen LogP contribution in [0.2, 0.25) is 90.7 Å². The van der Waals surface area contributed by atoms with Crippen LogP contribution in [0.4, 0.5) is 0 Å². The Morgan fingerprint density at radius 2 is 0.703 bits per heavy atom. The molecule has 2 aromatic carbocycles. The number of hydrogen-bond donors (Lipinski definition) is 0. The Bertz CT molecular complexity index is 2010. The van der Waals surface area contributed by atoms with E-state index in [1.807, 2.05) is 12.1 Å². The molecule has 10 nitrogen and oxygen atoms in total. The predicted molar refractivity (Wildman–Crippen MR) is 323 cm³/mol. The Morgan fingerprint density at radius 3 is 1.03 bits per heavy atom. The second kappa shape index (κ2) is 25.1. The lowest BCUT2D eigenvalue weighted by molar-refractivity contribution is -0.328. The molecule has 74 heavy (non-hydrogen) atoms. The summed E-state index contributed by atoms with van der Waals surface area (Å²) >= 11 is 1.73. The highest BCUT2D eigenvalue weighted by atomic mass is 32.2. The average Bonchev–Trinajstić information content (AvgIpc) is 3.24. The monoisotopic (exact) mass is 1140 g/mol. The van der Waals surface area contributed by atoms with Crippen LogP contribution in [0.5, 0.6) is 0 Å². The molecule has 0 aliphatic carbocycles. The average molecular weight is 1140 g/mol.